The standard InChI is InChI=1S/C13H15ClN4O/c1-8-12(18-15)16-9(2)17-13(8)19-7-10-3-5-11(14)6-4-10/h3-6H,7,15H2,1-2H3,(H,16,17,18). The van der Waals surface area contributed by atoms with Gasteiger partial charge in [0.25, 0.3) is 0 Å². The lowest BCUT2D eigenvalue weighted by molar-refractivity contribution is 0.290. The number of nitrogens with one attached hydrogen (secondary N) is 1. The van der Waals surface area contributed by atoms with Crippen molar-refractivity contribution in [1.82, 2.24) is 9.97 Å². The molecule has 0 aliphatic carbocycles. The van der Waals surface area contributed by atoms with Crippen molar-refractivity contribution in [2.45, 2.75) is 20.5 Å². The van der Waals surface area contributed by atoms with Crippen molar-refractivity contribution in [1.29, 1.82) is 0 Å². The Bertz CT molecular complexity index is 572. The molecule has 1 heterocycles. The first-order valence-corrected chi connectivity index (χ1v) is 6.17. The fraction of sp³-hybridized carbons (Fsp3) is 0.231. The summed E-state index contributed by atoms with van der Waals surface area (Å²) in [6, 6.07) is 7.47. The molecule has 0 atom stereocenters. The van der Waals surface area contributed by atoms with Gasteiger partial charge in [-0.05, 0) is 31.5 Å². The number of anilines is 1. The SMILES string of the molecule is Cc1nc(NN)c(C)c(OCc2ccc(Cl)cc2)n1. The molecule has 6 heteroatoms. The molecular formula is C13H15ClN4O. The van der Waals surface area contributed by atoms with Gasteiger partial charge in [0.2, 0.25) is 5.88 Å². The number of halogens is 1. The lowest BCUT2D eigenvalue weighted by Crippen LogP contribution is -2.13. The maximum absolute atomic E-state index is 5.83. The zero-order valence-electron chi connectivity index (χ0n) is 10.8. The smallest absolute Gasteiger partial charge is 0.222 e. The second-order valence-corrected chi connectivity index (χ2v) is 4.55. The van der Waals surface area contributed by atoms with Crippen LogP contribution in [0.3, 0.4) is 0 Å². The van der Waals surface area contributed by atoms with Crippen LogP contribution in [-0.4, -0.2) is 9.97 Å². The Balaban J connectivity index is 2.15. The number of rotatable bonds is 4. The van der Waals surface area contributed by atoms with E-state index in [2.05, 4.69) is 15.4 Å². The van der Waals surface area contributed by atoms with Gasteiger partial charge in [0.1, 0.15) is 18.2 Å². The van der Waals surface area contributed by atoms with Crippen LogP contribution in [0.15, 0.2) is 24.3 Å². The van der Waals surface area contributed by atoms with Crippen molar-refractivity contribution in [3.63, 3.8) is 0 Å². The van der Waals surface area contributed by atoms with Crippen molar-refractivity contribution in [3.05, 3.63) is 46.2 Å². The van der Waals surface area contributed by atoms with Gasteiger partial charge in [-0.15, -0.1) is 0 Å². The average molecular weight is 279 g/mol. The van der Waals surface area contributed by atoms with Gasteiger partial charge in [0.15, 0.2) is 0 Å². The highest BCUT2D eigenvalue weighted by atomic mass is 35.5. The van der Waals surface area contributed by atoms with Crippen LogP contribution in [-0.2, 0) is 6.61 Å². The van der Waals surface area contributed by atoms with Gasteiger partial charge < -0.3 is 10.2 Å². The molecule has 5 nitrogen and oxygen atoms in total. The lowest BCUT2D eigenvalue weighted by Gasteiger charge is -2.11. The number of aryl methyl sites for hydroxylation is 1. The quantitative estimate of drug-likeness (QED) is 0.664. The Kier molecular flexibility index (Phi) is 4.19. The number of ether oxygens (including phenoxy) is 1. The summed E-state index contributed by atoms with van der Waals surface area (Å²) in [5.41, 5.74) is 4.33. The zero-order chi connectivity index (χ0) is 13.8. The van der Waals surface area contributed by atoms with Crippen LogP contribution in [0.1, 0.15) is 17.0 Å². The number of hydrogen-bond donors (Lipinski definition) is 2. The minimum atomic E-state index is 0.415. The predicted octanol–water partition coefficient (Wildman–Crippen LogP) is 2.61. The van der Waals surface area contributed by atoms with E-state index >= 15 is 0 Å². The minimum absolute atomic E-state index is 0.415. The van der Waals surface area contributed by atoms with Crippen LogP contribution in [0, 0.1) is 13.8 Å². The number of aromatic nitrogens is 2. The Morgan fingerprint density at radius 1 is 1.21 bits per heavy atom. The molecule has 0 fully saturated rings. The summed E-state index contributed by atoms with van der Waals surface area (Å²) in [6.07, 6.45) is 0. The molecule has 0 radical (unpaired) electrons. The molecule has 0 spiro atoms. The molecule has 0 saturated heterocycles. The monoisotopic (exact) mass is 278 g/mol. The topological polar surface area (TPSA) is 73.1 Å². The Morgan fingerprint density at radius 3 is 2.53 bits per heavy atom. The molecule has 0 amide bonds. The van der Waals surface area contributed by atoms with Gasteiger partial charge in [-0.1, -0.05) is 23.7 Å². The van der Waals surface area contributed by atoms with Crippen LogP contribution in [0.5, 0.6) is 5.88 Å². The lowest BCUT2D eigenvalue weighted by atomic mass is 10.2. The van der Waals surface area contributed by atoms with Crippen LogP contribution in [0.4, 0.5) is 5.82 Å². The van der Waals surface area contributed by atoms with Crippen LogP contribution >= 0.6 is 11.6 Å². The molecule has 1 aromatic heterocycles. The van der Waals surface area contributed by atoms with Gasteiger partial charge in [-0.2, -0.15) is 4.98 Å². The molecule has 2 aromatic rings. The van der Waals surface area contributed by atoms with E-state index in [1.807, 2.05) is 31.2 Å². The van der Waals surface area contributed by atoms with Crippen molar-refractivity contribution in [3.8, 4) is 5.88 Å². The number of nitrogens with zero attached hydrogens (tertiary/aromatic N) is 2. The van der Waals surface area contributed by atoms with Crippen LogP contribution in [0.25, 0.3) is 0 Å². The van der Waals surface area contributed by atoms with E-state index in [1.165, 1.54) is 0 Å². The number of nitrogen functional groups attached to an aromatic ring is 1. The third-order valence-corrected chi connectivity index (χ3v) is 2.89. The van der Waals surface area contributed by atoms with Crippen LogP contribution < -0.4 is 16.0 Å². The zero-order valence-corrected chi connectivity index (χ0v) is 11.5. The fourth-order valence-electron chi connectivity index (χ4n) is 1.62. The van der Waals surface area contributed by atoms with E-state index in [0.29, 0.717) is 29.2 Å². The van der Waals surface area contributed by atoms with Crippen molar-refractivity contribution >= 4 is 17.4 Å². The highest BCUT2D eigenvalue weighted by Crippen LogP contribution is 2.22. The predicted molar refractivity (Wildman–Crippen MR) is 75.1 cm³/mol. The average Bonchev–Trinajstić information content (AvgIpc) is 2.41. The Morgan fingerprint density at radius 2 is 1.89 bits per heavy atom. The van der Waals surface area contributed by atoms with Gasteiger partial charge in [0.05, 0.1) is 5.56 Å². The molecule has 100 valence electrons. The molecule has 0 saturated carbocycles. The summed E-state index contributed by atoms with van der Waals surface area (Å²) >= 11 is 5.83. The van der Waals surface area contributed by atoms with E-state index in [1.54, 1.807) is 6.92 Å². The Labute approximate surface area is 116 Å². The third-order valence-electron chi connectivity index (χ3n) is 2.64. The Hall–Kier alpha value is -1.85. The molecule has 0 aliphatic rings. The summed E-state index contributed by atoms with van der Waals surface area (Å²) < 4.78 is 5.70. The van der Waals surface area contributed by atoms with Crippen molar-refractivity contribution in [2.24, 2.45) is 5.84 Å². The summed E-state index contributed by atoms with van der Waals surface area (Å²) in [4.78, 5) is 8.43. The maximum Gasteiger partial charge on any atom is 0.222 e. The summed E-state index contributed by atoms with van der Waals surface area (Å²) in [7, 11) is 0. The molecule has 3 N–H and O–H groups in total. The van der Waals surface area contributed by atoms with E-state index < -0.39 is 0 Å². The minimum Gasteiger partial charge on any atom is -0.472 e. The van der Waals surface area contributed by atoms with Gasteiger partial charge in [-0.3, -0.25) is 0 Å². The van der Waals surface area contributed by atoms with E-state index in [-0.39, 0.29) is 0 Å². The first kappa shape index (κ1) is 13.6. The van der Waals surface area contributed by atoms with Crippen molar-refractivity contribution in [2.75, 3.05) is 5.43 Å². The molecule has 0 unspecified atom stereocenters. The maximum atomic E-state index is 5.83. The van der Waals surface area contributed by atoms with E-state index in [4.69, 9.17) is 22.2 Å². The number of benzene rings is 1. The van der Waals surface area contributed by atoms with E-state index in [0.717, 1.165) is 11.1 Å². The number of hydrazine groups is 1. The largest absolute Gasteiger partial charge is 0.472 e. The number of nitrogens with two attached hydrogens (primary N) is 1. The molecule has 0 aliphatic heterocycles. The molecule has 0 bridgehead atoms. The van der Waals surface area contributed by atoms with Gasteiger partial charge in [0, 0.05) is 5.02 Å². The highest BCUT2D eigenvalue weighted by Gasteiger charge is 2.09. The molecule has 1 aromatic carbocycles. The molecule has 19 heavy (non-hydrogen) atoms. The van der Waals surface area contributed by atoms with Gasteiger partial charge >= 0.3 is 0 Å². The third kappa shape index (κ3) is 3.33. The first-order chi connectivity index (χ1) is 9.10. The summed E-state index contributed by atoms with van der Waals surface area (Å²) in [6.45, 7) is 4.06. The second kappa shape index (κ2) is 5.86. The second-order valence-electron chi connectivity index (χ2n) is 4.11. The highest BCUT2D eigenvalue weighted by molar-refractivity contribution is 6.30. The normalized spacial score (nSPS) is 10.3. The molecular weight excluding hydrogens is 264 g/mol. The fourth-order valence-corrected chi connectivity index (χ4v) is 1.74. The van der Waals surface area contributed by atoms with E-state index in [9.17, 15) is 0 Å². The summed E-state index contributed by atoms with van der Waals surface area (Å²) in [5, 5.41) is 0.701. The van der Waals surface area contributed by atoms with Gasteiger partial charge in [-0.25, -0.2) is 10.8 Å². The van der Waals surface area contributed by atoms with Crippen molar-refractivity contribution < 1.29 is 4.74 Å². The number of hydrogen-bond acceptors (Lipinski definition) is 5. The summed E-state index contributed by atoms with van der Waals surface area (Å²) in [5.74, 6) is 7.10. The first-order valence-electron chi connectivity index (χ1n) is 5.79. The van der Waals surface area contributed by atoms with Crippen LogP contribution in [0.2, 0.25) is 5.02 Å². The molecule has 2 rings (SSSR count).